The highest BCUT2D eigenvalue weighted by molar-refractivity contribution is 7.99. The zero-order chi connectivity index (χ0) is 16.0. The molecule has 1 aromatic rings. The Morgan fingerprint density at radius 3 is 2.36 bits per heavy atom. The molecule has 7 heteroatoms. The predicted octanol–water partition coefficient (Wildman–Crippen LogP) is 1.54. The third-order valence-electron chi connectivity index (χ3n) is 3.56. The molecule has 0 saturated carbocycles. The van der Waals surface area contributed by atoms with Crippen molar-refractivity contribution in [2.75, 3.05) is 25.2 Å². The lowest BCUT2D eigenvalue weighted by Gasteiger charge is -2.33. The van der Waals surface area contributed by atoms with Gasteiger partial charge < -0.3 is 19.9 Å². The molecule has 1 saturated heterocycles. The fourth-order valence-corrected chi connectivity index (χ4v) is 3.43. The van der Waals surface area contributed by atoms with Gasteiger partial charge in [0.15, 0.2) is 6.61 Å². The number of nitrogens with one attached hydrogen (secondary N) is 1. The summed E-state index contributed by atoms with van der Waals surface area (Å²) in [5.41, 5.74) is -1.16. The van der Waals surface area contributed by atoms with Crippen LogP contribution in [0.2, 0.25) is 0 Å². The van der Waals surface area contributed by atoms with Crippen molar-refractivity contribution in [2.24, 2.45) is 0 Å². The van der Waals surface area contributed by atoms with Crippen LogP contribution in [0.3, 0.4) is 0 Å². The first-order chi connectivity index (χ1) is 10.6. The number of rotatable bonds is 6. The fraction of sp³-hybridized carbons (Fsp3) is 0.467. The third kappa shape index (κ3) is 4.07. The van der Waals surface area contributed by atoms with Crippen molar-refractivity contribution in [2.45, 2.75) is 18.4 Å². The Kier molecular flexibility index (Phi) is 5.54. The van der Waals surface area contributed by atoms with Gasteiger partial charge >= 0.3 is 5.97 Å². The number of ether oxygens (including phenoxy) is 2. The van der Waals surface area contributed by atoms with Crippen LogP contribution in [0.15, 0.2) is 24.3 Å². The molecule has 0 atom stereocenters. The molecule has 1 amide bonds. The summed E-state index contributed by atoms with van der Waals surface area (Å²) in [7, 11) is 1.57. The topological polar surface area (TPSA) is 84.9 Å². The van der Waals surface area contributed by atoms with Crippen LogP contribution in [0.5, 0.6) is 11.5 Å². The van der Waals surface area contributed by atoms with E-state index in [-0.39, 0.29) is 6.61 Å². The summed E-state index contributed by atoms with van der Waals surface area (Å²) in [6.07, 6.45) is 0.864. The first kappa shape index (κ1) is 16.5. The molecule has 0 aromatic heterocycles. The number of carbonyl (C=O) groups is 2. The summed E-state index contributed by atoms with van der Waals surface area (Å²) in [6, 6.07) is 6.83. The minimum atomic E-state index is -1.16. The number of hydrogen-bond acceptors (Lipinski definition) is 5. The normalized spacial score (nSPS) is 16.6. The maximum absolute atomic E-state index is 12.0. The molecular weight excluding hydrogens is 306 g/mol. The van der Waals surface area contributed by atoms with Crippen LogP contribution in [0, 0.1) is 0 Å². The lowest BCUT2D eigenvalue weighted by molar-refractivity contribution is -0.148. The van der Waals surface area contributed by atoms with Crippen LogP contribution in [-0.4, -0.2) is 47.7 Å². The molecule has 1 aliphatic rings. The number of carboxylic acid groups (broad SMARTS) is 1. The largest absolute Gasteiger partial charge is 0.497 e. The number of carboxylic acids is 1. The Balaban J connectivity index is 1.89. The van der Waals surface area contributed by atoms with Gasteiger partial charge in [0.2, 0.25) is 0 Å². The van der Waals surface area contributed by atoms with E-state index in [2.05, 4.69) is 5.32 Å². The van der Waals surface area contributed by atoms with E-state index in [9.17, 15) is 14.7 Å². The third-order valence-corrected chi connectivity index (χ3v) is 4.55. The number of carbonyl (C=O) groups excluding carboxylic acids is 1. The summed E-state index contributed by atoms with van der Waals surface area (Å²) in [5.74, 6) is 1.27. The molecule has 6 nitrogen and oxygen atoms in total. The van der Waals surface area contributed by atoms with Gasteiger partial charge in [0, 0.05) is 0 Å². The SMILES string of the molecule is COc1ccc(OCC(=O)NC2(C(=O)O)CCSCC2)cc1. The zero-order valence-electron chi connectivity index (χ0n) is 12.3. The standard InChI is InChI=1S/C15H19NO5S/c1-20-11-2-4-12(5-3-11)21-10-13(17)16-15(14(18)19)6-8-22-9-7-15/h2-5H,6-10H2,1H3,(H,16,17)(H,18,19). The molecular formula is C15H19NO5S. The quantitative estimate of drug-likeness (QED) is 0.825. The van der Waals surface area contributed by atoms with Gasteiger partial charge in [0.25, 0.3) is 5.91 Å². The Morgan fingerprint density at radius 2 is 1.82 bits per heavy atom. The smallest absolute Gasteiger partial charge is 0.329 e. The highest BCUT2D eigenvalue weighted by atomic mass is 32.2. The Hall–Kier alpha value is -1.89. The molecule has 1 heterocycles. The fourth-order valence-electron chi connectivity index (χ4n) is 2.24. The maximum Gasteiger partial charge on any atom is 0.329 e. The number of thioether (sulfide) groups is 1. The van der Waals surface area contributed by atoms with Crippen LogP contribution in [-0.2, 0) is 9.59 Å². The molecule has 1 aliphatic heterocycles. The summed E-state index contributed by atoms with van der Waals surface area (Å²) < 4.78 is 10.4. The molecule has 1 aromatic carbocycles. The second kappa shape index (κ2) is 7.40. The van der Waals surface area contributed by atoms with Gasteiger partial charge in [-0.25, -0.2) is 4.79 Å². The zero-order valence-corrected chi connectivity index (χ0v) is 13.1. The van der Waals surface area contributed by atoms with E-state index >= 15 is 0 Å². The first-order valence-corrected chi connectivity index (χ1v) is 8.10. The molecule has 2 N–H and O–H groups in total. The molecule has 0 radical (unpaired) electrons. The summed E-state index contributed by atoms with van der Waals surface area (Å²) in [4.78, 5) is 23.5. The second-order valence-corrected chi connectivity index (χ2v) is 6.24. The van der Waals surface area contributed by atoms with Gasteiger partial charge in [-0.15, -0.1) is 0 Å². The molecule has 0 bridgehead atoms. The number of aliphatic carboxylic acids is 1. The van der Waals surface area contributed by atoms with Crippen molar-refractivity contribution in [1.29, 1.82) is 0 Å². The summed E-state index contributed by atoms with van der Waals surface area (Å²) in [5, 5.41) is 12.0. The van der Waals surface area contributed by atoms with E-state index in [1.807, 2.05) is 0 Å². The lowest BCUT2D eigenvalue weighted by Crippen LogP contribution is -2.57. The number of benzene rings is 1. The van der Waals surface area contributed by atoms with E-state index in [4.69, 9.17) is 9.47 Å². The number of amides is 1. The van der Waals surface area contributed by atoms with Crippen LogP contribution >= 0.6 is 11.8 Å². The van der Waals surface area contributed by atoms with Crippen LogP contribution < -0.4 is 14.8 Å². The highest BCUT2D eigenvalue weighted by Crippen LogP contribution is 2.27. The molecule has 1 fully saturated rings. The average Bonchev–Trinajstić information content (AvgIpc) is 2.54. The van der Waals surface area contributed by atoms with Crippen LogP contribution in [0.1, 0.15) is 12.8 Å². The molecule has 0 unspecified atom stereocenters. The van der Waals surface area contributed by atoms with E-state index in [1.165, 1.54) is 0 Å². The summed E-state index contributed by atoms with van der Waals surface area (Å²) >= 11 is 1.70. The number of methoxy groups -OCH3 is 1. The Morgan fingerprint density at radius 1 is 1.23 bits per heavy atom. The van der Waals surface area contributed by atoms with Gasteiger partial charge in [0.1, 0.15) is 17.0 Å². The van der Waals surface area contributed by atoms with Crippen molar-refractivity contribution in [3.63, 3.8) is 0 Å². The minimum absolute atomic E-state index is 0.214. The van der Waals surface area contributed by atoms with Gasteiger partial charge in [-0.05, 0) is 48.6 Å². The molecule has 0 aliphatic carbocycles. The van der Waals surface area contributed by atoms with Crippen molar-refractivity contribution < 1.29 is 24.2 Å². The molecule has 120 valence electrons. The van der Waals surface area contributed by atoms with E-state index in [0.717, 1.165) is 11.5 Å². The predicted molar refractivity (Wildman–Crippen MR) is 83.6 cm³/mol. The van der Waals surface area contributed by atoms with Crippen molar-refractivity contribution in [1.82, 2.24) is 5.32 Å². The monoisotopic (exact) mass is 325 g/mol. The van der Waals surface area contributed by atoms with Crippen LogP contribution in [0.25, 0.3) is 0 Å². The first-order valence-electron chi connectivity index (χ1n) is 6.95. The van der Waals surface area contributed by atoms with Gasteiger partial charge in [-0.2, -0.15) is 11.8 Å². The molecule has 0 spiro atoms. The summed E-state index contributed by atoms with van der Waals surface area (Å²) in [6.45, 7) is -0.214. The van der Waals surface area contributed by atoms with E-state index < -0.39 is 17.4 Å². The van der Waals surface area contributed by atoms with Crippen molar-refractivity contribution in [3.8, 4) is 11.5 Å². The highest BCUT2D eigenvalue weighted by Gasteiger charge is 2.41. The lowest BCUT2D eigenvalue weighted by atomic mass is 9.92. The molecule has 22 heavy (non-hydrogen) atoms. The molecule has 2 rings (SSSR count). The Bertz CT molecular complexity index is 525. The average molecular weight is 325 g/mol. The second-order valence-electron chi connectivity index (χ2n) is 5.01. The van der Waals surface area contributed by atoms with Crippen LogP contribution in [0.4, 0.5) is 0 Å². The van der Waals surface area contributed by atoms with Gasteiger partial charge in [-0.1, -0.05) is 0 Å². The van der Waals surface area contributed by atoms with Gasteiger partial charge in [0.05, 0.1) is 7.11 Å². The minimum Gasteiger partial charge on any atom is -0.497 e. The Labute approximate surface area is 133 Å². The van der Waals surface area contributed by atoms with E-state index in [0.29, 0.717) is 24.3 Å². The maximum atomic E-state index is 12.0. The van der Waals surface area contributed by atoms with Gasteiger partial charge in [-0.3, -0.25) is 4.79 Å². The number of hydrogen-bond donors (Lipinski definition) is 2. The van der Waals surface area contributed by atoms with E-state index in [1.54, 1.807) is 43.1 Å². The van der Waals surface area contributed by atoms with Crippen molar-refractivity contribution >= 4 is 23.6 Å². The van der Waals surface area contributed by atoms with Crippen molar-refractivity contribution in [3.05, 3.63) is 24.3 Å².